The highest BCUT2D eigenvalue weighted by atomic mass is 16.6. The third-order valence-corrected chi connectivity index (χ3v) is 4.20. The largest absolute Gasteiger partial charge is 0.449 e. The van der Waals surface area contributed by atoms with Crippen molar-refractivity contribution in [3.63, 3.8) is 0 Å². The Kier molecular flexibility index (Phi) is 5.64. The van der Waals surface area contributed by atoms with Crippen molar-refractivity contribution < 1.29 is 14.6 Å². The van der Waals surface area contributed by atoms with Crippen LogP contribution in [0.1, 0.15) is 16.7 Å². The molecule has 0 N–H and O–H groups in total. The number of para-hydroxylation sites is 1. The van der Waals surface area contributed by atoms with Crippen LogP contribution in [0.3, 0.4) is 0 Å². The minimum atomic E-state index is -0.713. The number of hydrogen-bond donors (Lipinski definition) is 0. The SMILES string of the molecule is Cc1ccc(C)c(N=Cc2ccccc2Oc2ccc([N+](=O)[O-])cc2[N+](=O)[O-])c1. The molecule has 0 unspecified atom stereocenters. The minimum absolute atomic E-state index is 0.0896. The van der Waals surface area contributed by atoms with Gasteiger partial charge in [0, 0.05) is 17.8 Å². The van der Waals surface area contributed by atoms with Gasteiger partial charge in [-0.1, -0.05) is 24.3 Å². The van der Waals surface area contributed by atoms with Crippen molar-refractivity contribution in [2.24, 2.45) is 4.99 Å². The smallest absolute Gasteiger partial charge is 0.318 e. The molecule has 0 saturated carbocycles. The molecule has 0 fully saturated rings. The summed E-state index contributed by atoms with van der Waals surface area (Å²) in [5.74, 6) is 0.256. The molecule has 0 aliphatic carbocycles. The molecular formula is C21H17N3O5. The van der Waals surface area contributed by atoms with Gasteiger partial charge in [-0.05, 0) is 49.2 Å². The van der Waals surface area contributed by atoms with E-state index in [1.165, 1.54) is 6.07 Å². The maximum absolute atomic E-state index is 11.3. The molecule has 3 aromatic rings. The van der Waals surface area contributed by atoms with Crippen LogP contribution in [0, 0.1) is 34.1 Å². The highest BCUT2D eigenvalue weighted by Crippen LogP contribution is 2.35. The van der Waals surface area contributed by atoms with Crippen LogP contribution in [0.25, 0.3) is 0 Å². The van der Waals surface area contributed by atoms with Crippen LogP contribution < -0.4 is 4.74 Å². The predicted octanol–water partition coefficient (Wildman–Crippen LogP) is 5.66. The summed E-state index contributed by atoms with van der Waals surface area (Å²) >= 11 is 0. The van der Waals surface area contributed by atoms with E-state index in [0.29, 0.717) is 11.3 Å². The first-order valence-electron chi connectivity index (χ1n) is 8.66. The summed E-state index contributed by atoms with van der Waals surface area (Å²) in [6.07, 6.45) is 1.62. The Hall–Kier alpha value is -4.07. The van der Waals surface area contributed by atoms with Gasteiger partial charge in [0.15, 0.2) is 0 Å². The number of non-ortho nitro benzene ring substituents is 1. The van der Waals surface area contributed by atoms with E-state index in [1.54, 1.807) is 30.5 Å². The van der Waals surface area contributed by atoms with E-state index >= 15 is 0 Å². The minimum Gasteiger partial charge on any atom is -0.449 e. The van der Waals surface area contributed by atoms with Gasteiger partial charge < -0.3 is 4.74 Å². The molecule has 0 saturated heterocycles. The molecule has 0 bridgehead atoms. The number of benzene rings is 3. The van der Waals surface area contributed by atoms with E-state index < -0.39 is 15.5 Å². The van der Waals surface area contributed by atoms with Crippen LogP contribution in [-0.2, 0) is 0 Å². The molecule has 0 radical (unpaired) electrons. The van der Waals surface area contributed by atoms with Gasteiger partial charge in [0.1, 0.15) is 5.75 Å². The first kappa shape index (κ1) is 19.7. The fraction of sp³-hybridized carbons (Fsp3) is 0.0952. The van der Waals surface area contributed by atoms with Crippen LogP contribution in [0.2, 0.25) is 0 Å². The summed E-state index contributed by atoms with van der Waals surface area (Å²) in [5.41, 5.74) is 2.64. The lowest BCUT2D eigenvalue weighted by atomic mass is 10.1. The summed E-state index contributed by atoms with van der Waals surface area (Å²) in [5, 5.41) is 22.2. The molecule has 146 valence electrons. The maximum Gasteiger partial charge on any atom is 0.318 e. The van der Waals surface area contributed by atoms with Gasteiger partial charge in [0.05, 0.1) is 21.6 Å². The number of aryl methyl sites for hydroxylation is 2. The average molecular weight is 391 g/mol. The van der Waals surface area contributed by atoms with Crippen molar-refractivity contribution in [3.05, 3.63) is 97.6 Å². The molecule has 29 heavy (non-hydrogen) atoms. The molecule has 0 heterocycles. The van der Waals surface area contributed by atoms with Gasteiger partial charge >= 0.3 is 5.69 Å². The zero-order chi connectivity index (χ0) is 21.0. The van der Waals surface area contributed by atoms with E-state index in [2.05, 4.69) is 4.99 Å². The zero-order valence-corrected chi connectivity index (χ0v) is 15.7. The first-order valence-corrected chi connectivity index (χ1v) is 8.66. The van der Waals surface area contributed by atoms with Crippen LogP contribution in [-0.4, -0.2) is 16.1 Å². The quantitative estimate of drug-likeness (QED) is 0.306. The molecule has 0 aliphatic rings. The van der Waals surface area contributed by atoms with E-state index in [9.17, 15) is 20.2 Å². The fourth-order valence-electron chi connectivity index (χ4n) is 2.64. The van der Waals surface area contributed by atoms with E-state index in [4.69, 9.17) is 4.74 Å². The van der Waals surface area contributed by atoms with Crippen molar-refractivity contribution in [3.8, 4) is 11.5 Å². The first-order chi connectivity index (χ1) is 13.8. The van der Waals surface area contributed by atoms with Crippen LogP contribution in [0.5, 0.6) is 11.5 Å². The summed E-state index contributed by atoms with van der Waals surface area (Å²) in [4.78, 5) is 25.3. The molecule has 3 rings (SSSR count). The second-order valence-corrected chi connectivity index (χ2v) is 6.35. The van der Waals surface area contributed by atoms with Crippen LogP contribution in [0.15, 0.2) is 65.7 Å². The Morgan fingerprint density at radius 3 is 2.38 bits per heavy atom. The Morgan fingerprint density at radius 2 is 1.66 bits per heavy atom. The fourth-order valence-corrected chi connectivity index (χ4v) is 2.64. The molecule has 0 spiro atoms. The Morgan fingerprint density at radius 1 is 0.897 bits per heavy atom. The monoisotopic (exact) mass is 391 g/mol. The predicted molar refractivity (Wildman–Crippen MR) is 109 cm³/mol. The molecule has 0 atom stereocenters. The third-order valence-electron chi connectivity index (χ3n) is 4.20. The molecule has 0 amide bonds. The Bertz CT molecular complexity index is 1130. The summed E-state index contributed by atoms with van der Waals surface area (Å²) in [6, 6.07) is 16.1. The standard InChI is InChI=1S/C21H17N3O5/c1-14-7-8-15(2)18(11-14)22-13-16-5-3-4-6-20(16)29-21-10-9-17(23(25)26)12-19(21)24(27)28/h3-13H,1-2H3. The summed E-state index contributed by atoms with van der Waals surface area (Å²) in [7, 11) is 0. The van der Waals surface area contributed by atoms with Crippen molar-refractivity contribution in [1.29, 1.82) is 0 Å². The summed E-state index contributed by atoms with van der Waals surface area (Å²) in [6.45, 7) is 3.93. The van der Waals surface area contributed by atoms with Crippen LogP contribution >= 0.6 is 0 Å². The number of rotatable bonds is 6. The van der Waals surface area contributed by atoms with Crippen LogP contribution in [0.4, 0.5) is 17.1 Å². The number of aliphatic imine (C=N–C) groups is 1. The van der Waals surface area contributed by atoms with Gasteiger partial charge in [-0.15, -0.1) is 0 Å². The molecule has 8 nitrogen and oxygen atoms in total. The number of ether oxygens (including phenoxy) is 1. The zero-order valence-electron chi connectivity index (χ0n) is 15.7. The lowest BCUT2D eigenvalue weighted by molar-refractivity contribution is -0.394. The van der Waals surface area contributed by atoms with E-state index in [-0.39, 0.29) is 11.4 Å². The lowest BCUT2D eigenvalue weighted by Gasteiger charge is -2.09. The van der Waals surface area contributed by atoms with E-state index in [0.717, 1.165) is 28.9 Å². The van der Waals surface area contributed by atoms with Crippen molar-refractivity contribution in [1.82, 2.24) is 0 Å². The Labute approximate surface area is 166 Å². The molecule has 0 aromatic heterocycles. The normalized spacial score (nSPS) is 10.8. The molecule has 0 aliphatic heterocycles. The molecule has 3 aromatic carbocycles. The van der Waals surface area contributed by atoms with Gasteiger partial charge in [0.25, 0.3) is 5.69 Å². The van der Waals surface area contributed by atoms with Crippen molar-refractivity contribution >= 4 is 23.3 Å². The second-order valence-electron chi connectivity index (χ2n) is 6.35. The lowest BCUT2D eigenvalue weighted by Crippen LogP contribution is -1.97. The number of nitro groups is 2. The summed E-state index contributed by atoms with van der Waals surface area (Å²) < 4.78 is 5.72. The maximum atomic E-state index is 11.3. The third kappa shape index (κ3) is 4.62. The van der Waals surface area contributed by atoms with E-state index in [1.807, 2.05) is 32.0 Å². The van der Waals surface area contributed by atoms with Gasteiger partial charge in [-0.2, -0.15) is 0 Å². The second kappa shape index (κ2) is 8.30. The highest BCUT2D eigenvalue weighted by Gasteiger charge is 2.21. The number of nitro benzene ring substituents is 2. The Balaban J connectivity index is 1.96. The number of nitrogens with zero attached hydrogens (tertiary/aromatic N) is 3. The van der Waals surface area contributed by atoms with Gasteiger partial charge in [0.2, 0.25) is 5.75 Å². The number of hydrogen-bond acceptors (Lipinski definition) is 6. The topological polar surface area (TPSA) is 108 Å². The van der Waals surface area contributed by atoms with Crippen molar-refractivity contribution in [2.75, 3.05) is 0 Å². The highest BCUT2D eigenvalue weighted by molar-refractivity contribution is 5.86. The van der Waals surface area contributed by atoms with Gasteiger partial charge in [-0.3, -0.25) is 25.2 Å². The molecular weight excluding hydrogens is 374 g/mol. The average Bonchev–Trinajstić information content (AvgIpc) is 2.69. The molecule has 8 heteroatoms. The van der Waals surface area contributed by atoms with Crippen molar-refractivity contribution in [2.45, 2.75) is 13.8 Å². The van der Waals surface area contributed by atoms with Gasteiger partial charge in [-0.25, -0.2) is 0 Å².